The Kier molecular flexibility index (Phi) is 4.91. The van der Waals surface area contributed by atoms with Gasteiger partial charge in [-0.05, 0) is 26.0 Å². The van der Waals surface area contributed by atoms with Crippen molar-refractivity contribution in [3.8, 4) is 5.75 Å². The Hall–Kier alpha value is -1.23. The number of rotatable bonds is 5. The molecule has 1 N–H and O–H groups in total. The fourth-order valence-electron chi connectivity index (χ4n) is 1.78. The number of halogens is 2. The van der Waals surface area contributed by atoms with Crippen molar-refractivity contribution in [2.45, 2.75) is 26.5 Å². The largest absolute Gasteiger partial charge is 0.489 e. The van der Waals surface area contributed by atoms with Gasteiger partial charge in [-0.1, -0.05) is 23.2 Å². The fourth-order valence-corrected chi connectivity index (χ4v) is 2.12. The average molecular weight is 315 g/mol. The first-order valence-corrected chi connectivity index (χ1v) is 6.97. The van der Waals surface area contributed by atoms with Crippen LogP contribution in [-0.4, -0.2) is 27.4 Å². The van der Waals surface area contributed by atoms with Gasteiger partial charge in [0.25, 0.3) is 0 Å². The normalized spacial score (nSPS) is 12.4. The molecule has 2 rings (SSSR count). The molecule has 1 aromatic carbocycles. The summed E-state index contributed by atoms with van der Waals surface area (Å²) in [5.41, 5.74) is 1.99. The second-order valence-corrected chi connectivity index (χ2v) is 5.45. The van der Waals surface area contributed by atoms with E-state index >= 15 is 0 Å². The first kappa shape index (κ1) is 15.2. The van der Waals surface area contributed by atoms with Gasteiger partial charge in [-0.15, -0.1) is 0 Å². The molecular weight excluding hydrogens is 299 g/mol. The molecule has 6 heteroatoms. The zero-order valence-electron chi connectivity index (χ0n) is 11.3. The number of nitrogens with zero attached hydrogens (tertiary/aromatic N) is 2. The molecule has 0 fully saturated rings. The van der Waals surface area contributed by atoms with E-state index in [9.17, 15) is 5.11 Å². The van der Waals surface area contributed by atoms with Crippen LogP contribution in [0.1, 0.15) is 11.4 Å². The number of imidazole rings is 1. The Balaban J connectivity index is 1.93. The van der Waals surface area contributed by atoms with Crippen molar-refractivity contribution >= 4 is 23.2 Å². The molecule has 0 bridgehead atoms. The highest BCUT2D eigenvalue weighted by atomic mass is 35.5. The van der Waals surface area contributed by atoms with Gasteiger partial charge in [0.2, 0.25) is 0 Å². The molecule has 0 aliphatic rings. The number of aryl methyl sites for hydroxylation is 1. The second kappa shape index (κ2) is 6.48. The zero-order chi connectivity index (χ0) is 14.7. The third-order valence-corrected chi connectivity index (χ3v) is 3.62. The summed E-state index contributed by atoms with van der Waals surface area (Å²) in [6, 6.07) is 4.98. The lowest BCUT2D eigenvalue weighted by Crippen LogP contribution is -2.23. The van der Waals surface area contributed by atoms with Crippen molar-refractivity contribution < 1.29 is 9.84 Å². The quantitative estimate of drug-likeness (QED) is 0.921. The van der Waals surface area contributed by atoms with Crippen molar-refractivity contribution in [3.63, 3.8) is 0 Å². The van der Waals surface area contributed by atoms with E-state index in [1.807, 2.05) is 18.4 Å². The molecule has 1 heterocycles. The van der Waals surface area contributed by atoms with Crippen molar-refractivity contribution in [1.82, 2.24) is 9.55 Å². The number of ether oxygens (including phenoxy) is 1. The topological polar surface area (TPSA) is 47.3 Å². The highest BCUT2D eigenvalue weighted by Gasteiger charge is 2.11. The lowest BCUT2D eigenvalue weighted by Gasteiger charge is -2.15. The van der Waals surface area contributed by atoms with Crippen molar-refractivity contribution in [2.24, 2.45) is 0 Å². The van der Waals surface area contributed by atoms with E-state index < -0.39 is 6.10 Å². The monoisotopic (exact) mass is 314 g/mol. The lowest BCUT2D eigenvalue weighted by molar-refractivity contribution is 0.0920. The SMILES string of the molecule is Cc1ncn(CC(O)COc2cc(Cl)ccc2Cl)c1C. The van der Waals surface area contributed by atoms with Gasteiger partial charge in [-0.3, -0.25) is 0 Å². The third-order valence-electron chi connectivity index (χ3n) is 3.08. The summed E-state index contributed by atoms with van der Waals surface area (Å²) in [5, 5.41) is 11.0. The smallest absolute Gasteiger partial charge is 0.139 e. The summed E-state index contributed by atoms with van der Waals surface area (Å²) < 4.78 is 7.39. The van der Waals surface area contributed by atoms with Gasteiger partial charge >= 0.3 is 0 Å². The molecule has 0 aliphatic carbocycles. The number of benzene rings is 1. The number of hydrogen-bond donors (Lipinski definition) is 1. The van der Waals surface area contributed by atoms with E-state index in [1.165, 1.54) is 0 Å². The van der Waals surface area contributed by atoms with E-state index in [-0.39, 0.29) is 6.61 Å². The van der Waals surface area contributed by atoms with Gasteiger partial charge in [0.1, 0.15) is 18.5 Å². The molecule has 0 aliphatic heterocycles. The molecule has 0 radical (unpaired) electrons. The van der Waals surface area contributed by atoms with Crippen LogP contribution >= 0.6 is 23.2 Å². The summed E-state index contributed by atoms with van der Waals surface area (Å²) in [4.78, 5) is 4.19. The molecule has 108 valence electrons. The van der Waals surface area contributed by atoms with Crippen LogP contribution < -0.4 is 4.74 Å². The van der Waals surface area contributed by atoms with Crippen molar-refractivity contribution in [1.29, 1.82) is 0 Å². The predicted octanol–water partition coefficient (Wildman–Crippen LogP) is 3.25. The Labute approximate surface area is 127 Å². The molecule has 20 heavy (non-hydrogen) atoms. The van der Waals surface area contributed by atoms with Crippen LogP contribution in [0.3, 0.4) is 0 Å². The minimum absolute atomic E-state index is 0.136. The molecule has 0 saturated carbocycles. The van der Waals surface area contributed by atoms with Crippen LogP contribution in [-0.2, 0) is 6.54 Å². The van der Waals surface area contributed by atoms with Crippen LogP contribution in [0.15, 0.2) is 24.5 Å². The second-order valence-electron chi connectivity index (χ2n) is 4.61. The van der Waals surface area contributed by atoms with Gasteiger partial charge in [0.05, 0.1) is 23.6 Å². The molecule has 0 spiro atoms. The summed E-state index contributed by atoms with van der Waals surface area (Å²) in [6.45, 7) is 4.45. The summed E-state index contributed by atoms with van der Waals surface area (Å²) in [6.07, 6.45) is 1.05. The molecule has 1 atom stereocenters. The average Bonchev–Trinajstić information content (AvgIpc) is 2.72. The summed E-state index contributed by atoms with van der Waals surface area (Å²) in [7, 11) is 0. The highest BCUT2D eigenvalue weighted by molar-refractivity contribution is 6.34. The van der Waals surface area contributed by atoms with Gasteiger partial charge in [0, 0.05) is 16.8 Å². The molecule has 0 saturated heterocycles. The molecule has 1 unspecified atom stereocenters. The fraction of sp³-hybridized carbons (Fsp3) is 0.357. The van der Waals surface area contributed by atoms with Crippen LogP contribution in [0.2, 0.25) is 10.0 Å². The minimum Gasteiger partial charge on any atom is -0.489 e. The Morgan fingerprint density at radius 1 is 1.35 bits per heavy atom. The van der Waals surface area contributed by atoms with Crippen LogP contribution in [0.4, 0.5) is 0 Å². The van der Waals surface area contributed by atoms with Crippen LogP contribution in [0.25, 0.3) is 0 Å². The maximum Gasteiger partial charge on any atom is 0.139 e. The molecular formula is C14H16Cl2N2O2. The number of aliphatic hydroxyl groups is 1. The van der Waals surface area contributed by atoms with Crippen molar-refractivity contribution in [2.75, 3.05) is 6.61 Å². The van der Waals surface area contributed by atoms with Gasteiger partial charge in [-0.25, -0.2) is 4.98 Å². The van der Waals surface area contributed by atoms with E-state index in [1.54, 1.807) is 24.5 Å². The molecule has 2 aromatic rings. The number of aliphatic hydroxyl groups excluding tert-OH is 1. The van der Waals surface area contributed by atoms with E-state index in [4.69, 9.17) is 27.9 Å². The standard InChI is InChI=1S/C14H16Cl2N2O2/c1-9-10(2)18(8-17-9)6-12(19)7-20-14-5-11(15)3-4-13(14)16/h3-5,8,12,19H,6-7H2,1-2H3. The zero-order valence-corrected chi connectivity index (χ0v) is 12.8. The van der Waals surface area contributed by atoms with E-state index in [0.717, 1.165) is 11.4 Å². The minimum atomic E-state index is -0.655. The first-order valence-electron chi connectivity index (χ1n) is 6.21. The molecule has 4 nitrogen and oxygen atoms in total. The van der Waals surface area contributed by atoms with E-state index in [2.05, 4.69) is 4.98 Å². The van der Waals surface area contributed by atoms with Gasteiger partial charge in [-0.2, -0.15) is 0 Å². The third kappa shape index (κ3) is 3.66. The first-order chi connectivity index (χ1) is 9.47. The maximum absolute atomic E-state index is 10.0. The lowest BCUT2D eigenvalue weighted by atomic mass is 10.3. The molecule has 0 amide bonds. The van der Waals surface area contributed by atoms with E-state index in [0.29, 0.717) is 22.3 Å². The Morgan fingerprint density at radius 2 is 2.10 bits per heavy atom. The predicted molar refractivity (Wildman–Crippen MR) is 79.7 cm³/mol. The van der Waals surface area contributed by atoms with Crippen LogP contribution in [0.5, 0.6) is 5.75 Å². The maximum atomic E-state index is 10.0. The summed E-state index contributed by atoms with van der Waals surface area (Å²) >= 11 is 11.9. The number of hydrogen-bond acceptors (Lipinski definition) is 3. The van der Waals surface area contributed by atoms with Crippen LogP contribution in [0, 0.1) is 13.8 Å². The molecule has 1 aromatic heterocycles. The summed E-state index contributed by atoms with van der Waals surface area (Å²) in [5.74, 6) is 0.469. The van der Waals surface area contributed by atoms with Gasteiger partial charge < -0.3 is 14.4 Å². The highest BCUT2D eigenvalue weighted by Crippen LogP contribution is 2.27. The van der Waals surface area contributed by atoms with Gasteiger partial charge in [0.15, 0.2) is 0 Å². The Morgan fingerprint density at radius 3 is 2.75 bits per heavy atom. The Bertz CT molecular complexity index is 599. The van der Waals surface area contributed by atoms with Crippen molar-refractivity contribution in [3.05, 3.63) is 46.0 Å². The number of aromatic nitrogens is 2.